The summed E-state index contributed by atoms with van der Waals surface area (Å²) in [7, 11) is 1.80. The first-order chi connectivity index (χ1) is 12.1. The van der Waals surface area contributed by atoms with Crippen LogP contribution in [0, 0.1) is 10.1 Å². The lowest BCUT2D eigenvalue weighted by Crippen LogP contribution is -2.34. The summed E-state index contributed by atoms with van der Waals surface area (Å²) < 4.78 is 1.74. The Kier molecular flexibility index (Phi) is 3.83. The van der Waals surface area contributed by atoms with E-state index in [2.05, 4.69) is 27.0 Å². The van der Waals surface area contributed by atoms with E-state index in [1.165, 1.54) is 17.3 Å². The zero-order chi connectivity index (χ0) is 17.4. The van der Waals surface area contributed by atoms with E-state index in [9.17, 15) is 10.1 Å². The Morgan fingerprint density at radius 3 is 2.68 bits per heavy atom. The van der Waals surface area contributed by atoms with E-state index in [1.54, 1.807) is 11.6 Å². The number of anilines is 1. The lowest BCUT2D eigenvalue weighted by atomic mass is 9.87. The molecule has 1 saturated heterocycles. The molecule has 0 aliphatic carbocycles. The van der Waals surface area contributed by atoms with Crippen LogP contribution in [0.3, 0.4) is 0 Å². The van der Waals surface area contributed by atoms with Crippen molar-refractivity contribution >= 4 is 22.5 Å². The van der Waals surface area contributed by atoms with E-state index >= 15 is 0 Å². The highest BCUT2D eigenvalue weighted by atomic mass is 16.6. The number of fused-ring (bicyclic) bond motifs is 1. The van der Waals surface area contributed by atoms with Gasteiger partial charge in [0.25, 0.3) is 0 Å². The monoisotopic (exact) mass is 337 g/mol. The normalized spacial score (nSPS) is 15.6. The van der Waals surface area contributed by atoms with Crippen molar-refractivity contribution in [3.8, 4) is 0 Å². The van der Waals surface area contributed by atoms with Gasteiger partial charge in [-0.2, -0.15) is 0 Å². The van der Waals surface area contributed by atoms with Gasteiger partial charge in [-0.3, -0.25) is 9.55 Å². The number of aromatic nitrogens is 3. The molecule has 1 fully saturated rings. The molecule has 0 N–H and O–H groups in total. The number of pyridine rings is 1. The Morgan fingerprint density at radius 1 is 1.16 bits per heavy atom. The van der Waals surface area contributed by atoms with E-state index < -0.39 is 4.92 Å². The number of hydrogen-bond acceptors (Lipinski definition) is 5. The molecule has 3 aromatic rings. The molecule has 128 valence electrons. The van der Waals surface area contributed by atoms with Crippen LogP contribution in [0.4, 0.5) is 11.6 Å². The van der Waals surface area contributed by atoms with Crippen LogP contribution in [0.25, 0.3) is 10.9 Å². The number of benzene rings is 1. The molecule has 0 amide bonds. The van der Waals surface area contributed by atoms with Gasteiger partial charge >= 0.3 is 5.82 Å². The summed E-state index contributed by atoms with van der Waals surface area (Å²) in [5.74, 6) is 0.981. The summed E-state index contributed by atoms with van der Waals surface area (Å²) in [5.41, 5.74) is 2.34. The van der Waals surface area contributed by atoms with Crippen LogP contribution in [-0.4, -0.2) is 32.5 Å². The predicted octanol–water partition coefficient (Wildman–Crippen LogP) is 3.26. The van der Waals surface area contributed by atoms with Gasteiger partial charge in [0.2, 0.25) is 12.1 Å². The van der Waals surface area contributed by atoms with E-state index in [1.807, 2.05) is 24.4 Å². The van der Waals surface area contributed by atoms with Crippen LogP contribution < -0.4 is 4.90 Å². The maximum Gasteiger partial charge on any atom is 0.406 e. The van der Waals surface area contributed by atoms with Crippen LogP contribution in [0.5, 0.6) is 0 Å². The fourth-order valence-electron chi connectivity index (χ4n) is 3.78. The van der Waals surface area contributed by atoms with E-state index in [0.29, 0.717) is 11.7 Å². The molecule has 0 spiro atoms. The SMILES string of the molecule is Cn1cnc([N+](=O)[O-])c1N1CCC(c2ccnc3ccccc23)CC1. The zero-order valence-corrected chi connectivity index (χ0v) is 14.0. The summed E-state index contributed by atoms with van der Waals surface area (Å²) in [4.78, 5) is 21.2. The van der Waals surface area contributed by atoms with Crippen LogP contribution in [-0.2, 0) is 7.05 Å². The largest absolute Gasteiger partial charge is 0.406 e. The van der Waals surface area contributed by atoms with Crippen LogP contribution in [0.2, 0.25) is 0 Å². The molecule has 3 heterocycles. The molecular weight excluding hydrogens is 318 g/mol. The highest BCUT2D eigenvalue weighted by Gasteiger charge is 2.29. The second-order valence-electron chi connectivity index (χ2n) is 6.44. The standard InChI is InChI=1S/C18H19N5O2/c1-21-12-20-17(23(24)25)18(21)22-10-7-13(8-11-22)14-6-9-19-16-5-3-2-4-15(14)16/h2-6,9,12-13H,7-8,10-11H2,1H3. The second-order valence-corrected chi connectivity index (χ2v) is 6.44. The van der Waals surface area contributed by atoms with Gasteiger partial charge < -0.3 is 15.0 Å². The first-order valence-corrected chi connectivity index (χ1v) is 8.39. The molecule has 1 aliphatic heterocycles. The predicted molar refractivity (Wildman–Crippen MR) is 95.8 cm³/mol. The number of rotatable bonds is 3. The van der Waals surface area contributed by atoms with Crippen molar-refractivity contribution < 1.29 is 4.92 Å². The number of piperidine rings is 1. The number of imidazole rings is 1. The van der Waals surface area contributed by atoms with E-state index in [4.69, 9.17) is 0 Å². The number of nitro groups is 1. The Balaban J connectivity index is 1.58. The molecular formula is C18H19N5O2. The summed E-state index contributed by atoms with van der Waals surface area (Å²) in [6.07, 6.45) is 5.29. The molecule has 7 heteroatoms. The summed E-state index contributed by atoms with van der Waals surface area (Å²) >= 11 is 0. The minimum absolute atomic E-state index is 0.0599. The Hall–Kier alpha value is -2.96. The number of nitrogens with zero attached hydrogens (tertiary/aromatic N) is 5. The third kappa shape index (κ3) is 2.71. The van der Waals surface area contributed by atoms with Crippen molar-refractivity contribution in [3.05, 3.63) is 58.5 Å². The van der Waals surface area contributed by atoms with Crippen molar-refractivity contribution in [2.24, 2.45) is 7.05 Å². The molecule has 0 saturated carbocycles. The Bertz CT molecular complexity index is 923. The van der Waals surface area contributed by atoms with Crippen LogP contribution in [0.1, 0.15) is 24.3 Å². The van der Waals surface area contributed by atoms with Gasteiger partial charge in [0, 0.05) is 31.7 Å². The quantitative estimate of drug-likeness (QED) is 0.541. The van der Waals surface area contributed by atoms with Gasteiger partial charge in [-0.25, -0.2) is 0 Å². The Labute approximate surface area is 145 Å². The molecule has 0 radical (unpaired) electrons. The van der Waals surface area contributed by atoms with Crippen molar-refractivity contribution in [3.63, 3.8) is 0 Å². The van der Waals surface area contributed by atoms with Gasteiger partial charge in [0.05, 0.1) is 5.52 Å². The fourth-order valence-corrected chi connectivity index (χ4v) is 3.78. The van der Waals surface area contributed by atoms with E-state index in [0.717, 1.165) is 31.4 Å². The van der Waals surface area contributed by atoms with Crippen LogP contribution >= 0.6 is 0 Å². The van der Waals surface area contributed by atoms with Gasteiger partial charge in [0.15, 0.2) is 0 Å². The van der Waals surface area contributed by atoms with E-state index in [-0.39, 0.29) is 5.82 Å². The van der Waals surface area contributed by atoms with Crippen molar-refractivity contribution in [2.75, 3.05) is 18.0 Å². The van der Waals surface area contributed by atoms with Crippen molar-refractivity contribution in [1.29, 1.82) is 0 Å². The first-order valence-electron chi connectivity index (χ1n) is 8.39. The van der Waals surface area contributed by atoms with Gasteiger partial charge in [-0.1, -0.05) is 18.2 Å². The molecule has 0 bridgehead atoms. The molecule has 1 aromatic carbocycles. The lowest BCUT2D eigenvalue weighted by Gasteiger charge is -2.33. The average Bonchev–Trinajstić information content (AvgIpc) is 3.03. The summed E-state index contributed by atoms with van der Waals surface area (Å²) in [6.45, 7) is 1.56. The third-order valence-corrected chi connectivity index (χ3v) is 4.98. The molecule has 7 nitrogen and oxygen atoms in total. The zero-order valence-electron chi connectivity index (χ0n) is 14.0. The highest BCUT2D eigenvalue weighted by molar-refractivity contribution is 5.82. The van der Waals surface area contributed by atoms with Gasteiger partial charge in [-0.15, -0.1) is 0 Å². The lowest BCUT2D eigenvalue weighted by molar-refractivity contribution is -0.388. The smallest absolute Gasteiger partial charge is 0.358 e. The maximum absolute atomic E-state index is 11.2. The summed E-state index contributed by atoms with van der Waals surface area (Å²) in [6, 6.07) is 10.3. The number of aryl methyl sites for hydroxylation is 1. The first kappa shape index (κ1) is 15.6. The minimum atomic E-state index is -0.405. The number of para-hydroxylation sites is 1. The Morgan fingerprint density at radius 2 is 1.92 bits per heavy atom. The number of hydrogen-bond donors (Lipinski definition) is 0. The van der Waals surface area contributed by atoms with Crippen molar-refractivity contribution in [1.82, 2.24) is 14.5 Å². The molecule has 0 atom stereocenters. The molecule has 25 heavy (non-hydrogen) atoms. The second kappa shape index (κ2) is 6.16. The van der Waals surface area contributed by atoms with Gasteiger partial charge in [0.1, 0.15) is 0 Å². The topological polar surface area (TPSA) is 77.1 Å². The van der Waals surface area contributed by atoms with Crippen LogP contribution in [0.15, 0.2) is 42.9 Å². The summed E-state index contributed by atoms with van der Waals surface area (Å²) in [5, 5.41) is 12.4. The molecule has 0 unspecified atom stereocenters. The highest BCUT2D eigenvalue weighted by Crippen LogP contribution is 2.35. The van der Waals surface area contributed by atoms with Crippen molar-refractivity contribution in [2.45, 2.75) is 18.8 Å². The van der Waals surface area contributed by atoms with Gasteiger partial charge in [-0.05, 0) is 46.4 Å². The fraction of sp³-hybridized carbons (Fsp3) is 0.333. The maximum atomic E-state index is 11.2. The third-order valence-electron chi connectivity index (χ3n) is 4.98. The molecule has 2 aromatic heterocycles. The molecule has 1 aliphatic rings. The molecule has 4 rings (SSSR count). The minimum Gasteiger partial charge on any atom is -0.358 e. The average molecular weight is 337 g/mol.